The molecular formula is C27H21FN4O2S. The summed E-state index contributed by atoms with van der Waals surface area (Å²) in [6.07, 6.45) is 4.70. The number of benzene rings is 3. The number of nitrogens with one attached hydrogen (secondary N) is 1. The van der Waals surface area contributed by atoms with Gasteiger partial charge in [-0.15, -0.1) is 0 Å². The van der Waals surface area contributed by atoms with Crippen LogP contribution in [0.1, 0.15) is 5.56 Å². The van der Waals surface area contributed by atoms with Gasteiger partial charge >= 0.3 is 0 Å². The zero-order chi connectivity index (χ0) is 24.4. The van der Waals surface area contributed by atoms with Crippen LogP contribution in [0.3, 0.4) is 0 Å². The van der Waals surface area contributed by atoms with Crippen molar-refractivity contribution < 1.29 is 13.3 Å². The minimum absolute atomic E-state index is 0.232. The number of ether oxygens (including phenoxy) is 1. The molecule has 0 saturated heterocycles. The summed E-state index contributed by atoms with van der Waals surface area (Å²) >= 11 is 0. The van der Waals surface area contributed by atoms with E-state index >= 15 is 0 Å². The highest BCUT2D eigenvalue weighted by Crippen LogP contribution is 2.37. The highest BCUT2D eigenvalue weighted by atomic mass is 32.2. The van der Waals surface area contributed by atoms with Crippen LogP contribution >= 0.6 is 0 Å². The lowest BCUT2D eigenvalue weighted by Crippen LogP contribution is -2.06. The largest absolute Gasteiger partial charge is 0.496 e. The molecule has 1 atom stereocenters. The van der Waals surface area contributed by atoms with Crippen molar-refractivity contribution in [1.82, 2.24) is 15.0 Å². The highest BCUT2D eigenvalue weighted by Gasteiger charge is 2.14. The Morgan fingerprint density at radius 2 is 1.74 bits per heavy atom. The Kier molecular flexibility index (Phi) is 6.20. The maximum atomic E-state index is 13.7. The van der Waals surface area contributed by atoms with Crippen LogP contribution in [-0.4, -0.2) is 26.3 Å². The average Bonchev–Trinajstić information content (AvgIpc) is 2.89. The molecule has 3 aromatic carbocycles. The van der Waals surface area contributed by atoms with E-state index < -0.39 is 11.0 Å². The number of halogens is 1. The monoisotopic (exact) mass is 484 g/mol. The molecule has 0 bridgehead atoms. The van der Waals surface area contributed by atoms with Gasteiger partial charge in [-0.3, -0.25) is 9.71 Å². The van der Waals surface area contributed by atoms with E-state index in [9.17, 15) is 8.60 Å². The molecule has 0 aliphatic carbocycles. The van der Waals surface area contributed by atoms with E-state index in [-0.39, 0.29) is 5.82 Å². The Labute approximate surface area is 204 Å². The minimum Gasteiger partial charge on any atom is -0.496 e. The fourth-order valence-corrected chi connectivity index (χ4v) is 4.74. The first kappa shape index (κ1) is 22.6. The number of nitrogens with zero attached hydrogens (tertiary/aromatic N) is 3. The number of hydrogen-bond donors (Lipinski definition) is 1. The third-order valence-corrected chi connectivity index (χ3v) is 6.75. The Balaban J connectivity index is 1.51. The van der Waals surface area contributed by atoms with Crippen molar-refractivity contribution >= 4 is 27.6 Å². The van der Waals surface area contributed by atoms with Crippen LogP contribution in [0.4, 0.5) is 10.2 Å². The molecule has 0 aliphatic heterocycles. The molecule has 0 aliphatic rings. The quantitative estimate of drug-likeness (QED) is 0.322. The summed E-state index contributed by atoms with van der Waals surface area (Å²) in [4.78, 5) is 13.2. The third kappa shape index (κ3) is 4.61. The Morgan fingerprint density at radius 3 is 2.51 bits per heavy atom. The molecule has 0 fully saturated rings. The molecule has 0 saturated carbocycles. The van der Waals surface area contributed by atoms with Crippen LogP contribution in [0.5, 0.6) is 5.75 Å². The first-order valence-corrected chi connectivity index (χ1v) is 12.0. The van der Waals surface area contributed by atoms with Gasteiger partial charge in [0.15, 0.2) is 11.0 Å². The van der Waals surface area contributed by atoms with Crippen LogP contribution in [-0.2, 0) is 11.0 Å². The first-order valence-electron chi connectivity index (χ1n) is 10.8. The SMILES string of the molecule is COc1cc(-c2ccc(F)c(C)c2)ccc1-c1nccc2cc(S(=O)Nc3ccncn3)ccc12. The summed E-state index contributed by atoms with van der Waals surface area (Å²) in [6, 6.07) is 20.0. The summed E-state index contributed by atoms with van der Waals surface area (Å²) in [5.41, 5.74) is 3.99. The number of aryl methyl sites for hydroxylation is 1. The van der Waals surface area contributed by atoms with Gasteiger partial charge in [0.1, 0.15) is 23.7 Å². The van der Waals surface area contributed by atoms with Crippen molar-refractivity contribution in [3.05, 3.63) is 96.8 Å². The van der Waals surface area contributed by atoms with Crippen molar-refractivity contribution in [3.8, 4) is 28.1 Å². The van der Waals surface area contributed by atoms with E-state index in [1.165, 1.54) is 12.4 Å². The molecule has 5 rings (SSSR count). The molecule has 2 aromatic heterocycles. The standard InChI is InChI=1S/C27H21FN4O2S/c1-17-13-18(4-8-24(17)28)19-3-6-23(25(15-19)34-2)27-22-7-5-21(14-20(22)9-12-30-27)35(33)32-26-10-11-29-16-31-26/h3-16H,1-2H3,(H,29,31,32). The van der Waals surface area contributed by atoms with Crippen molar-refractivity contribution in [3.63, 3.8) is 0 Å². The summed E-state index contributed by atoms with van der Waals surface area (Å²) in [6.45, 7) is 1.74. The number of fused-ring (bicyclic) bond motifs is 1. The molecule has 174 valence electrons. The molecule has 0 amide bonds. The second-order valence-electron chi connectivity index (χ2n) is 7.89. The molecule has 1 N–H and O–H groups in total. The lowest BCUT2D eigenvalue weighted by molar-refractivity contribution is 0.416. The summed E-state index contributed by atoms with van der Waals surface area (Å²) < 4.78 is 35.1. The van der Waals surface area contributed by atoms with Crippen LogP contribution in [0, 0.1) is 12.7 Å². The Morgan fingerprint density at radius 1 is 0.914 bits per heavy atom. The predicted octanol–water partition coefficient (Wildman–Crippen LogP) is 5.95. The van der Waals surface area contributed by atoms with Crippen LogP contribution < -0.4 is 9.46 Å². The van der Waals surface area contributed by atoms with Crippen LogP contribution in [0.25, 0.3) is 33.2 Å². The fraction of sp³-hybridized carbons (Fsp3) is 0.0741. The lowest BCUT2D eigenvalue weighted by Gasteiger charge is -2.13. The van der Waals surface area contributed by atoms with E-state index in [2.05, 4.69) is 19.7 Å². The van der Waals surface area contributed by atoms with Gasteiger partial charge in [0.05, 0.1) is 17.7 Å². The maximum absolute atomic E-state index is 13.7. The number of methoxy groups -OCH3 is 1. The molecule has 0 radical (unpaired) electrons. The second kappa shape index (κ2) is 9.60. The van der Waals surface area contributed by atoms with Crippen molar-refractivity contribution in [2.24, 2.45) is 0 Å². The van der Waals surface area contributed by atoms with Gasteiger partial charge in [0.25, 0.3) is 0 Å². The molecule has 0 spiro atoms. The van der Waals surface area contributed by atoms with Gasteiger partial charge in [0.2, 0.25) is 0 Å². The molecule has 2 heterocycles. The molecular weight excluding hydrogens is 463 g/mol. The van der Waals surface area contributed by atoms with E-state index in [0.29, 0.717) is 22.0 Å². The Hall–Kier alpha value is -4.17. The third-order valence-electron chi connectivity index (χ3n) is 5.68. The smallest absolute Gasteiger partial charge is 0.151 e. The molecule has 6 nitrogen and oxygen atoms in total. The van der Waals surface area contributed by atoms with Crippen LogP contribution in [0.15, 0.2) is 90.3 Å². The summed E-state index contributed by atoms with van der Waals surface area (Å²) in [7, 11) is 0.127. The lowest BCUT2D eigenvalue weighted by atomic mass is 9.98. The van der Waals surface area contributed by atoms with E-state index in [1.807, 2.05) is 42.5 Å². The van der Waals surface area contributed by atoms with Gasteiger partial charge in [-0.25, -0.2) is 18.6 Å². The zero-order valence-electron chi connectivity index (χ0n) is 19.0. The van der Waals surface area contributed by atoms with Gasteiger partial charge < -0.3 is 4.74 Å². The van der Waals surface area contributed by atoms with Crippen LogP contribution in [0.2, 0.25) is 0 Å². The maximum Gasteiger partial charge on any atom is 0.151 e. The normalized spacial score (nSPS) is 11.9. The Bertz CT molecular complexity index is 1560. The minimum atomic E-state index is -1.49. The second-order valence-corrected chi connectivity index (χ2v) is 9.10. The van der Waals surface area contributed by atoms with Crippen molar-refractivity contribution in [2.75, 3.05) is 11.8 Å². The molecule has 35 heavy (non-hydrogen) atoms. The number of aromatic nitrogens is 3. The van der Waals surface area contributed by atoms with E-state index in [0.717, 1.165) is 33.2 Å². The zero-order valence-corrected chi connectivity index (χ0v) is 19.8. The van der Waals surface area contributed by atoms with Crippen molar-refractivity contribution in [1.29, 1.82) is 0 Å². The number of rotatable bonds is 6. The number of anilines is 1. The molecule has 8 heteroatoms. The van der Waals surface area contributed by atoms with E-state index in [4.69, 9.17) is 4.74 Å². The summed E-state index contributed by atoms with van der Waals surface area (Å²) in [5, 5.41) is 1.80. The van der Waals surface area contributed by atoms with Gasteiger partial charge in [-0.1, -0.05) is 18.2 Å². The van der Waals surface area contributed by atoms with Crippen molar-refractivity contribution in [2.45, 2.75) is 11.8 Å². The first-order chi connectivity index (χ1) is 17.0. The average molecular weight is 485 g/mol. The number of hydrogen-bond acceptors (Lipinski definition) is 5. The summed E-state index contributed by atoms with van der Waals surface area (Å²) in [5.74, 6) is 0.905. The fourth-order valence-electron chi connectivity index (χ4n) is 3.88. The van der Waals surface area contributed by atoms with E-state index in [1.54, 1.807) is 44.6 Å². The highest BCUT2D eigenvalue weighted by molar-refractivity contribution is 7.86. The molecule has 1 unspecified atom stereocenters. The van der Waals surface area contributed by atoms with Gasteiger partial charge in [0, 0.05) is 23.3 Å². The predicted molar refractivity (Wildman–Crippen MR) is 136 cm³/mol. The molecule has 5 aromatic rings. The number of pyridine rings is 1. The van der Waals surface area contributed by atoms with Gasteiger partial charge in [-0.05, 0) is 77.5 Å². The van der Waals surface area contributed by atoms with Gasteiger partial charge in [-0.2, -0.15) is 0 Å². The topological polar surface area (TPSA) is 77.0 Å².